The van der Waals surface area contributed by atoms with Gasteiger partial charge >= 0.3 is 0 Å². The molecule has 1 atom stereocenters. The summed E-state index contributed by atoms with van der Waals surface area (Å²) in [6, 6.07) is 24.9. The highest BCUT2D eigenvalue weighted by molar-refractivity contribution is 6.30. The van der Waals surface area contributed by atoms with Crippen LogP contribution in [0.3, 0.4) is 0 Å². The first-order valence-corrected chi connectivity index (χ1v) is 14.0. The Morgan fingerprint density at radius 2 is 1.69 bits per heavy atom. The second-order valence-electron chi connectivity index (χ2n) is 9.97. The summed E-state index contributed by atoms with van der Waals surface area (Å²) in [4.78, 5) is 16.8. The number of halogens is 1. The van der Waals surface area contributed by atoms with E-state index < -0.39 is 5.60 Å². The van der Waals surface area contributed by atoms with Gasteiger partial charge in [0.05, 0.1) is 17.2 Å². The van der Waals surface area contributed by atoms with Gasteiger partial charge in [0.15, 0.2) is 0 Å². The second kappa shape index (κ2) is 14.7. The molecule has 1 heterocycles. The highest BCUT2D eigenvalue weighted by atomic mass is 35.5. The fraction of sp³-hybridized carbons (Fsp3) is 0.375. The number of piperazine rings is 1. The number of anilines is 1. The lowest BCUT2D eigenvalue weighted by molar-refractivity contribution is 0.0143. The Balaban J connectivity index is 0.000000520. The van der Waals surface area contributed by atoms with Crippen molar-refractivity contribution in [1.82, 2.24) is 10.2 Å². The van der Waals surface area contributed by atoms with Gasteiger partial charge in [0.2, 0.25) is 0 Å². The van der Waals surface area contributed by atoms with Crippen molar-refractivity contribution < 1.29 is 9.90 Å². The SMILES string of the molecule is CCCNC(=O)c1ccc([C@](C)(O)CN2CCN(c3ccc(C#N)cc3CC)CC2)cc1.Clc1ccccc1. The molecule has 0 bridgehead atoms. The molecule has 1 amide bonds. The summed E-state index contributed by atoms with van der Waals surface area (Å²) in [7, 11) is 0. The number of nitrogens with one attached hydrogen (secondary N) is 1. The van der Waals surface area contributed by atoms with E-state index in [1.54, 1.807) is 12.1 Å². The molecule has 0 aliphatic carbocycles. The highest BCUT2D eigenvalue weighted by Crippen LogP contribution is 2.26. The lowest BCUT2D eigenvalue weighted by Gasteiger charge is -2.40. The molecule has 1 fully saturated rings. The number of rotatable bonds is 8. The van der Waals surface area contributed by atoms with Crippen molar-refractivity contribution >= 4 is 23.2 Å². The van der Waals surface area contributed by atoms with Crippen molar-refractivity contribution in [3.8, 4) is 6.07 Å². The van der Waals surface area contributed by atoms with Gasteiger partial charge in [-0.1, -0.05) is 55.8 Å². The van der Waals surface area contributed by atoms with Crippen LogP contribution in [0, 0.1) is 11.3 Å². The van der Waals surface area contributed by atoms with Crippen LogP contribution in [0.1, 0.15) is 54.2 Å². The normalized spacial score (nSPS) is 14.9. The number of carbonyl (C=O) groups is 1. The lowest BCUT2D eigenvalue weighted by Crippen LogP contribution is -2.50. The number of amides is 1. The maximum absolute atomic E-state index is 12.1. The average molecular weight is 547 g/mol. The van der Waals surface area contributed by atoms with E-state index in [1.165, 1.54) is 11.3 Å². The molecule has 0 saturated carbocycles. The third-order valence-corrected chi connectivity index (χ3v) is 7.12. The number of aryl methyl sites for hydroxylation is 1. The first kappa shape index (κ1) is 30.2. The number of nitrogens with zero attached hydrogens (tertiary/aromatic N) is 3. The van der Waals surface area contributed by atoms with Crippen LogP contribution in [-0.2, 0) is 12.0 Å². The minimum absolute atomic E-state index is 0.0802. The molecule has 0 spiro atoms. The topological polar surface area (TPSA) is 79.6 Å². The zero-order valence-corrected chi connectivity index (χ0v) is 23.9. The van der Waals surface area contributed by atoms with Gasteiger partial charge in [-0.3, -0.25) is 9.69 Å². The van der Waals surface area contributed by atoms with Gasteiger partial charge in [0, 0.05) is 55.5 Å². The predicted molar refractivity (Wildman–Crippen MR) is 159 cm³/mol. The average Bonchev–Trinajstić information content (AvgIpc) is 2.96. The molecule has 2 N–H and O–H groups in total. The Labute approximate surface area is 237 Å². The Morgan fingerprint density at radius 3 is 2.23 bits per heavy atom. The Bertz CT molecular complexity index is 1230. The molecular weight excluding hydrogens is 508 g/mol. The summed E-state index contributed by atoms with van der Waals surface area (Å²) in [5.74, 6) is -0.0802. The number of benzene rings is 3. The molecule has 206 valence electrons. The van der Waals surface area contributed by atoms with Crippen molar-refractivity contribution in [2.45, 2.75) is 39.2 Å². The van der Waals surface area contributed by atoms with Gasteiger partial charge in [-0.05, 0) is 73.4 Å². The molecule has 6 nitrogen and oxygen atoms in total. The van der Waals surface area contributed by atoms with Crippen LogP contribution in [-0.4, -0.2) is 55.2 Å². The molecule has 0 radical (unpaired) electrons. The van der Waals surface area contributed by atoms with Crippen LogP contribution in [0.4, 0.5) is 5.69 Å². The van der Waals surface area contributed by atoms with E-state index in [0.717, 1.165) is 49.6 Å². The Morgan fingerprint density at radius 1 is 1.03 bits per heavy atom. The number of hydrogen-bond acceptors (Lipinski definition) is 5. The molecule has 1 aliphatic heterocycles. The fourth-order valence-corrected chi connectivity index (χ4v) is 4.80. The van der Waals surface area contributed by atoms with E-state index in [2.05, 4.69) is 34.2 Å². The molecular formula is C32H39ClN4O2. The van der Waals surface area contributed by atoms with E-state index in [9.17, 15) is 9.90 Å². The summed E-state index contributed by atoms with van der Waals surface area (Å²) in [6.07, 6.45) is 1.79. The van der Waals surface area contributed by atoms with Crippen molar-refractivity contribution in [2.75, 3.05) is 44.2 Å². The highest BCUT2D eigenvalue weighted by Gasteiger charge is 2.29. The van der Waals surface area contributed by atoms with E-state index in [0.29, 0.717) is 24.2 Å². The van der Waals surface area contributed by atoms with Crippen LogP contribution in [0.25, 0.3) is 0 Å². The van der Waals surface area contributed by atoms with E-state index in [-0.39, 0.29) is 5.91 Å². The summed E-state index contributed by atoms with van der Waals surface area (Å²) < 4.78 is 0. The van der Waals surface area contributed by atoms with Gasteiger partial charge in [0.25, 0.3) is 5.91 Å². The molecule has 3 aromatic carbocycles. The molecule has 7 heteroatoms. The van der Waals surface area contributed by atoms with Crippen LogP contribution in [0.2, 0.25) is 5.02 Å². The van der Waals surface area contributed by atoms with Crippen LogP contribution < -0.4 is 10.2 Å². The Hall–Kier alpha value is -3.37. The fourth-order valence-electron chi connectivity index (χ4n) is 4.66. The molecule has 1 saturated heterocycles. The van der Waals surface area contributed by atoms with E-state index in [1.807, 2.05) is 68.4 Å². The van der Waals surface area contributed by atoms with E-state index >= 15 is 0 Å². The number of hydrogen-bond donors (Lipinski definition) is 2. The van der Waals surface area contributed by atoms with Gasteiger partial charge in [-0.15, -0.1) is 0 Å². The number of carbonyl (C=O) groups excluding carboxylic acids is 1. The minimum atomic E-state index is -0.996. The monoisotopic (exact) mass is 546 g/mol. The minimum Gasteiger partial charge on any atom is -0.384 e. The van der Waals surface area contributed by atoms with Crippen LogP contribution in [0.5, 0.6) is 0 Å². The van der Waals surface area contributed by atoms with Gasteiger partial charge < -0.3 is 15.3 Å². The number of β-amino-alcohol motifs (C(OH)–C–C–N with tert-alkyl or cyclic N) is 1. The number of aliphatic hydroxyl groups is 1. The maximum Gasteiger partial charge on any atom is 0.251 e. The van der Waals surface area contributed by atoms with Crippen molar-refractivity contribution in [1.29, 1.82) is 5.26 Å². The lowest BCUT2D eigenvalue weighted by atomic mass is 9.94. The van der Waals surface area contributed by atoms with Crippen molar-refractivity contribution in [2.24, 2.45) is 0 Å². The zero-order chi connectivity index (χ0) is 28.3. The summed E-state index contributed by atoms with van der Waals surface area (Å²) in [6.45, 7) is 10.6. The quantitative estimate of drug-likeness (QED) is 0.383. The third-order valence-electron chi connectivity index (χ3n) is 6.87. The molecule has 0 unspecified atom stereocenters. The molecule has 1 aliphatic rings. The largest absolute Gasteiger partial charge is 0.384 e. The van der Waals surface area contributed by atoms with E-state index in [4.69, 9.17) is 16.9 Å². The van der Waals surface area contributed by atoms with Gasteiger partial charge in [-0.25, -0.2) is 0 Å². The Kier molecular flexibility index (Phi) is 11.4. The number of nitriles is 1. The first-order chi connectivity index (χ1) is 18.8. The first-order valence-electron chi connectivity index (χ1n) is 13.6. The third kappa shape index (κ3) is 8.83. The summed E-state index contributed by atoms with van der Waals surface area (Å²) in [5, 5.41) is 24.0. The molecule has 4 rings (SSSR count). The molecule has 0 aromatic heterocycles. The second-order valence-corrected chi connectivity index (χ2v) is 10.4. The zero-order valence-electron chi connectivity index (χ0n) is 23.2. The van der Waals surface area contributed by atoms with Crippen molar-refractivity contribution in [3.05, 3.63) is 100 Å². The molecule has 39 heavy (non-hydrogen) atoms. The van der Waals surface area contributed by atoms with Crippen molar-refractivity contribution in [3.63, 3.8) is 0 Å². The molecule has 3 aromatic rings. The van der Waals surface area contributed by atoms with Crippen LogP contribution in [0.15, 0.2) is 72.8 Å². The maximum atomic E-state index is 12.1. The van der Waals surface area contributed by atoms with Gasteiger partial charge in [0.1, 0.15) is 0 Å². The smallest absolute Gasteiger partial charge is 0.251 e. The predicted octanol–water partition coefficient (Wildman–Crippen LogP) is 5.63. The van der Waals surface area contributed by atoms with Crippen LogP contribution >= 0.6 is 11.6 Å². The standard InChI is InChI=1S/C26H34N4O2.C6H5Cl/c1-4-12-28-25(31)22-7-9-23(10-8-22)26(3,32)19-29-13-15-30(16-14-29)24-11-6-20(18-27)17-21(24)5-2;7-6-4-2-1-3-5-6/h6-11,17,32H,4-5,12-16,19H2,1-3H3,(H,28,31);1-5H/t26-;/m1./s1. The summed E-state index contributed by atoms with van der Waals surface area (Å²) >= 11 is 5.54. The van der Waals surface area contributed by atoms with Gasteiger partial charge in [-0.2, -0.15) is 5.26 Å². The summed E-state index contributed by atoms with van der Waals surface area (Å²) in [5.41, 5.74) is 3.54.